The Morgan fingerprint density at radius 2 is 1.54 bits per heavy atom. The van der Waals surface area contributed by atoms with Crippen molar-refractivity contribution in [3.8, 4) is 0 Å². The Morgan fingerprint density at radius 1 is 0.923 bits per heavy atom. The summed E-state index contributed by atoms with van der Waals surface area (Å²) < 4.78 is 15.7. The Balaban J connectivity index is 2.16. The first kappa shape index (κ1) is 21.4. The molecule has 2 fully saturated rings. The molecule has 0 aromatic carbocycles. The number of hydrogen-bond donors (Lipinski definition) is 8. The Bertz CT molecular complexity index is 478. The Labute approximate surface area is 148 Å². The maximum atomic E-state index is 11.2. The van der Waals surface area contributed by atoms with Gasteiger partial charge < -0.3 is 55.3 Å². The van der Waals surface area contributed by atoms with Crippen molar-refractivity contribution in [2.45, 2.75) is 68.3 Å². The first-order chi connectivity index (χ1) is 12.2. The van der Waals surface area contributed by atoms with Crippen LogP contribution in [0.15, 0.2) is 0 Å². The third-order valence-corrected chi connectivity index (χ3v) is 4.38. The van der Waals surface area contributed by atoms with E-state index in [-0.39, 0.29) is 0 Å². The highest BCUT2D eigenvalue weighted by Gasteiger charge is 2.50. The van der Waals surface area contributed by atoms with Crippen LogP contribution in [0.4, 0.5) is 0 Å². The maximum Gasteiger partial charge on any atom is 0.217 e. The molecule has 0 saturated carbocycles. The second-order valence-electron chi connectivity index (χ2n) is 6.26. The van der Waals surface area contributed by atoms with Crippen LogP contribution in [0.2, 0.25) is 0 Å². The molecule has 2 aliphatic heterocycles. The summed E-state index contributed by atoms with van der Waals surface area (Å²) in [7, 11) is 0. The van der Waals surface area contributed by atoms with Crippen LogP contribution < -0.4 is 5.32 Å². The van der Waals surface area contributed by atoms with Gasteiger partial charge in [-0.2, -0.15) is 0 Å². The van der Waals surface area contributed by atoms with E-state index in [1.54, 1.807) is 0 Å². The molecule has 2 heterocycles. The summed E-state index contributed by atoms with van der Waals surface area (Å²) in [4.78, 5) is 11.2. The van der Waals surface area contributed by atoms with Gasteiger partial charge in [0.1, 0.15) is 48.8 Å². The van der Waals surface area contributed by atoms with Crippen molar-refractivity contribution in [2.75, 3.05) is 13.2 Å². The number of aliphatic hydroxyl groups excluding tert-OH is 7. The van der Waals surface area contributed by atoms with Crippen LogP contribution in [0.5, 0.6) is 0 Å². The Morgan fingerprint density at radius 3 is 2.08 bits per heavy atom. The maximum absolute atomic E-state index is 11.2. The van der Waals surface area contributed by atoms with E-state index in [4.69, 9.17) is 14.2 Å². The topological polar surface area (TPSA) is 198 Å². The van der Waals surface area contributed by atoms with E-state index in [9.17, 15) is 40.5 Å². The summed E-state index contributed by atoms with van der Waals surface area (Å²) >= 11 is 0. The van der Waals surface area contributed by atoms with Crippen LogP contribution in [0.3, 0.4) is 0 Å². The second kappa shape index (κ2) is 8.84. The van der Waals surface area contributed by atoms with Gasteiger partial charge in [-0.25, -0.2) is 0 Å². The minimum Gasteiger partial charge on any atom is -0.394 e. The SMILES string of the molecule is CC(=O)N[C@@H]1C(O)O[C@H](CO)[C@@H](O[C@@H]2O[C@H](CO)[C@H](O)[C@H](O)[C@H]2O)[C@@H]1O. The van der Waals surface area contributed by atoms with Gasteiger partial charge in [0.05, 0.1) is 13.2 Å². The summed E-state index contributed by atoms with van der Waals surface area (Å²) in [5.41, 5.74) is 0. The lowest BCUT2D eigenvalue weighted by Crippen LogP contribution is -2.67. The monoisotopic (exact) mass is 383 g/mol. The van der Waals surface area contributed by atoms with Crippen LogP contribution in [0, 0.1) is 0 Å². The van der Waals surface area contributed by atoms with Gasteiger partial charge in [-0.1, -0.05) is 0 Å². The molecule has 2 aliphatic rings. The van der Waals surface area contributed by atoms with Crippen molar-refractivity contribution in [3.63, 3.8) is 0 Å². The predicted octanol–water partition coefficient (Wildman–Crippen LogP) is -5.25. The number of ether oxygens (including phenoxy) is 3. The molecule has 1 amide bonds. The smallest absolute Gasteiger partial charge is 0.217 e. The van der Waals surface area contributed by atoms with E-state index in [1.165, 1.54) is 0 Å². The van der Waals surface area contributed by atoms with Crippen molar-refractivity contribution in [1.29, 1.82) is 0 Å². The normalized spacial score (nSPS) is 46.8. The lowest BCUT2D eigenvalue weighted by Gasteiger charge is -2.46. The van der Waals surface area contributed by atoms with E-state index in [0.717, 1.165) is 6.92 Å². The van der Waals surface area contributed by atoms with Gasteiger partial charge in [0.25, 0.3) is 0 Å². The van der Waals surface area contributed by atoms with Gasteiger partial charge in [-0.15, -0.1) is 0 Å². The van der Waals surface area contributed by atoms with Crippen molar-refractivity contribution in [2.24, 2.45) is 0 Å². The number of aliphatic hydroxyl groups is 7. The molecule has 0 spiro atoms. The van der Waals surface area contributed by atoms with Crippen molar-refractivity contribution in [3.05, 3.63) is 0 Å². The molecular weight excluding hydrogens is 358 g/mol. The molecule has 2 rings (SSSR count). The summed E-state index contributed by atoms with van der Waals surface area (Å²) in [5, 5.41) is 70.7. The van der Waals surface area contributed by atoms with E-state index in [0.29, 0.717) is 0 Å². The predicted molar refractivity (Wildman–Crippen MR) is 80.2 cm³/mol. The van der Waals surface area contributed by atoms with Crippen LogP contribution >= 0.6 is 0 Å². The third-order valence-electron chi connectivity index (χ3n) is 4.38. The molecule has 26 heavy (non-hydrogen) atoms. The molecule has 0 aromatic heterocycles. The third kappa shape index (κ3) is 4.31. The molecule has 10 atom stereocenters. The summed E-state index contributed by atoms with van der Waals surface area (Å²) in [6.45, 7) is -0.195. The molecule has 1 unspecified atom stereocenters. The highest BCUT2D eigenvalue weighted by atomic mass is 16.7. The standard InChI is InChI=1S/C14H25NO11/c1-4(18)15-7-9(20)12(6(3-17)24-13(7)23)26-14-11(22)10(21)8(19)5(2-16)25-14/h5-14,16-17,19-23H,2-3H2,1H3,(H,15,18)/t5-,6-,7+,8+,9-,10+,11-,12-,13?,14+/m1/s1. The van der Waals surface area contributed by atoms with Gasteiger partial charge >= 0.3 is 0 Å². The molecule has 0 aliphatic carbocycles. The van der Waals surface area contributed by atoms with Crippen LogP contribution in [0.25, 0.3) is 0 Å². The molecular formula is C14H25NO11. The number of carbonyl (C=O) groups is 1. The quantitative estimate of drug-likeness (QED) is 0.226. The molecule has 2 saturated heterocycles. The highest BCUT2D eigenvalue weighted by Crippen LogP contribution is 2.28. The van der Waals surface area contributed by atoms with Crippen molar-refractivity contribution < 1.29 is 54.8 Å². The number of carbonyl (C=O) groups excluding carboxylic acids is 1. The summed E-state index contributed by atoms with van der Waals surface area (Å²) in [6, 6.07) is -1.29. The zero-order valence-corrected chi connectivity index (χ0v) is 14.0. The molecule has 0 radical (unpaired) electrons. The molecule has 12 nitrogen and oxygen atoms in total. The van der Waals surface area contributed by atoms with Crippen LogP contribution in [-0.2, 0) is 19.0 Å². The Kier molecular flexibility index (Phi) is 7.27. The average molecular weight is 383 g/mol. The van der Waals surface area contributed by atoms with Crippen molar-refractivity contribution >= 4 is 5.91 Å². The number of nitrogens with one attached hydrogen (secondary N) is 1. The summed E-state index contributed by atoms with van der Waals surface area (Å²) in [5.74, 6) is -0.564. The van der Waals surface area contributed by atoms with E-state index >= 15 is 0 Å². The molecule has 0 aromatic rings. The zero-order valence-electron chi connectivity index (χ0n) is 14.0. The van der Waals surface area contributed by atoms with E-state index < -0.39 is 80.5 Å². The first-order valence-corrected chi connectivity index (χ1v) is 8.06. The van der Waals surface area contributed by atoms with Crippen LogP contribution in [-0.4, -0.2) is 116 Å². The second-order valence-corrected chi connectivity index (χ2v) is 6.26. The molecule has 8 N–H and O–H groups in total. The van der Waals surface area contributed by atoms with Crippen LogP contribution in [0.1, 0.15) is 6.92 Å². The fourth-order valence-corrected chi connectivity index (χ4v) is 2.98. The fraction of sp³-hybridized carbons (Fsp3) is 0.929. The first-order valence-electron chi connectivity index (χ1n) is 8.06. The number of amides is 1. The van der Waals surface area contributed by atoms with Gasteiger partial charge in [-0.3, -0.25) is 4.79 Å². The average Bonchev–Trinajstić information content (AvgIpc) is 2.60. The van der Waals surface area contributed by atoms with Gasteiger partial charge in [0.2, 0.25) is 5.91 Å². The highest BCUT2D eigenvalue weighted by molar-refractivity contribution is 5.73. The van der Waals surface area contributed by atoms with E-state index in [1.807, 2.05) is 0 Å². The Hall–Kier alpha value is -0.930. The molecule has 12 heteroatoms. The minimum atomic E-state index is -1.73. The van der Waals surface area contributed by atoms with E-state index in [2.05, 4.69) is 5.32 Å². The lowest BCUT2D eigenvalue weighted by atomic mass is 9.95. The largest absolute Gasteiger partial charge is 0.394 e. The zero-order chi connectivity index (χ0) is 19.6. The number of hydrogen-bond acceptors (Lipinski definition) is 11. The molecule has 0 bridgehead atoms. The lowest BCUT2D eigenvalue weighted by molar-refractivity contribution is -0.345. The van der Waals surface area contributed by atoms with Crippen molar-refractivity contribution in [1.82, 2.24) is 5.32 Å². The van der Waals surface area contributed by atoms with Gasteiger partial charge in [-0.05, 0) is 0 Å². The fourth-order valence-electron chi connectivity index (χ4n) is 2.98. The number of rotatable bonds is 5. The minimum absolute atomic E-state index is 0.564. The van der Waals surface area contributed by atoms with Gasteiger partial charge in [0, 0.05) is 6.92 Å². The summed E-state index contributed by atoms with van der Waals surface area (Å²) in [6.07, 6.45) is -13.6. The molecule has 152 valence electrons. The van der Waals surface area contributed by atoms with Gasteiger partial charge in [0.15, 0.2) is 12.6 Å².